The quantitative estimate of drug-likeness (QED) is 0.889. The molecule has 0 aliphatic rings. The predicted molar refractivity (Wildman–Crippen MR) is 58.1 cm³/mol. The van der Waals surface area contributed by atoms with Gasteiger partial charge in [-0.2, -0.15) is 13.2 Å². The molecule has 0 aliphatic heterocycles. The zero-order valence-electron chi connectivity index (χ0n) is 9.93. The second-order valence-electron chi connectivity index (χ2n) is 4.02. The smallest absolute Gasteiger partial charge is 0.391 e. The van der Waals surface area contributed by atoms with Gasteiger partial charge in [-0.1, -0.05) is 0 Å². The van der Waals surface area contributed by atoms with Gasteiger partial charge < -0.3 is 9.84 Å². The highest BCUT2D eigenvalue weighted by Crippen LogP contribution is 2.32. The molecule has 0 radical (unpaired) electrons. The van der Waals surface area contributed by atoms with Crippen molar-refractivity contribution in [3.05, 3.63) is 28.8 Å². The number of alkyl halides is 3. The van der Waals surface area contributed by atoms with Gasteiger partial charge in [0, 0.05) is 0 Å². The Hall–Kier alpha value is -1.23. The first-order valence-corrected chi connectivity index (χ1v) is 5.14. The molecule has 0 aromatic heterocycles. The van der Waals surface area contributed by atoms with Crippen LogP contribution in [0.4, 0.5) is 13.2 Å². The second kappa shape index (κ2) is 4.96. The molecule has 1 unspecified atom stereocenters. The van der Waals surface area contributed by atoms with Crippen molar-refractivity contribution >= 4 is 0 Å². The second-order valence-corrected chi connectivity index (χ2v) is 4.02. The van der Waals surface area contributed by atoms with Crippen LogP contribution in [0.25, 0.3) is 0 Å². The number of benzene rings is 1. The van der Waals surface area contributed by atoms with Crippen molar-refractivity contribution in [1.29, 1.82) is 0 Å². The van der Waals surface area contributed by atoms with Gasteiger partial charge in [0.15, 0.2) is 0 Å². The minimum atomic E-state index is -4.37. The van der Waals surface area contributed by atoms with Crippen LogP contribution in [-0.4, -0.2) is 18.4 Å². The molecule has 0 bridgehead atoms. The van der Waals surface area contributed by atoms with Crippen molar-refractivity contribution in [1.82, 2.24) is 0 Å². The van der Waals surface area contributed by atoms with Crippen molar-refractivity contribution < 1.29 is 23.0 Å². The molecular formula is C12H15F3O2. The van der Waals surface area contributed by atoms with Gasteiger partial charge in [-0.25, -0.2) is 0 Å². The lowest BCUT2D eigenvalue weighted by atomic mass is 10.00. The molecule has 17 heavy (non-hydrogen) atoms. The van der Waals surface area contributed by atoms with Gasteiger partial charge in [0.1, 0.15) is 5.75 Å². The third-order valence-electron chi connectivity index (χ3n) is 2.50. The van der Waals surface area contributed by atoms with Crippen molar-refractivity contribution in [3.8, 4) is 5.75 Å². The highest BCUT2D eigenvalue weighted by atomic mass is 19.4. The Morgan fingerprint density at radius 1 is 1.24 bits per heavy atom. The number of aliphatic hydroxyl groups excluding tert-OH is 1. The van der Waals surface area contributed by atoms with Crippen LogP contribution in [0.1, 0.15) is 29.2 Å². The molecule has 0 amide bonds. The summed E-state index contributed by atoms with van der Waals surface area (Å²) in [5.41, 5.74) is 1.69. The molecule has 0 spiro atoms. The number of halogens is 3. The minimum absolute atomic E-state index is 0.262. The topological polar surface area (TPSA) is 29.5 Å². The van der Waals surface area contributed by atoms with Gasteiger partial charge in [-0.15, -0.1) is 0 Å². The summed E-state index contributed by atoms with van der Waals surface area (Å²) >= 11 is 0. The fourth-order valence-corrected chi connectivity index (χ4v) is 1.84. The molecule has 96 valence electrons. The van der Waals surface area contributed by atoms with Gasteiger partial charge >= 0.3 is 6.18 Å². The maximum atomic E-state index is 12.2. The van der Waals surface area contributed by atoms with E-state index < -0.39 is 18.7 Å². The molecule has 0 fully saturated rings. The number of hydrogen-bond donors (Lipinski definition) is 1. The number of rotatable bonds is 3. The number of methoxy groups -OCH3 is 1. The predicted octanol–water partition coefficient (Wildman–Crippen LogP) is 3.30. The Labute approximate surface area is 98.0 Å². The first kappa shape index (κ1) is 13.8. The Morgan fingerprint density at radius 2 is 1.71 bits per heavy atom. The lowest BCUT2D eigenvalue weighted by molar-refractivity contribution is -0.154. The van der Waals surface area contributed by atoms with E-state index in [2.05, 4.69) is 0 Å². The molecule has 1 N–H and O–H groups in total. The lowest BCUT2D eigenvalue weighted by Gasteiger charge is -2.16. The third-order valence-corrected chi connectivity index (χ3v) is 2.50. The SMILES string of the molecule is COc1c(C)cc(C(O)CC(F)(F)F)cc1C. The lowest BCUT2D eigenvalue weighted by Crippen LogP contribution is -2.14. The standard InChI is InChI=1S/C12H15F3O2/c1-7-4-9(5-8(2)11(7)17-3)10(16)6-12(13,14)15/h4-5,10,16H,6H2,1-3H3. The van der Waals surface area contributed by atoms with Gasteiger partial charge in [-0.3, -0.25) is 0 Å². The molecule has 1 aromatic rings. The summed E-state index contributed by atoms with van der Waals surface area (Å²) in [6.07, 6.45) is -7.14. The van der Waals surface area contributed by atoms with Gasteiger partial charge in [0.2, 0.25) is 0 Å². The zero-order chi connectivity index (χ0) is 13.2. The van der Waals surface area contributed by atoms with Crippen LogP contribution < -0.4 is 4.74 Å². The van der Waals surface area contributed by atoms with E-state index in [1.807, 2.05) is 0 Å². The summed E-state index contributed by atoms with van der Waals surface area (Å²) in [5, 5.41) is 9.51. The summed E-state index contributed by atoms with van der Waals surface area (Å²) in [6.45, 7) is 3.46. The van der Waals surface area contributed by atoms with Crippen molar-refractivity contribution in [2.75, 3.05) is 7.11 Å². The first-order valence-electron chi connectivity index (χ1n) is 5.14. The van der Waals surface area contributed by atoms with Crippen LogP contribution in [0, 0.1) is 13.8 Å². The van der Waals surface area contributed by atoms with Crippen molar-refractivity contribution in [2.24, 2.45) is 0 Å². The number of aryl methyl sites for hydroxylation is 2. The average Bonchev–Trinajstić information content (AvgIpc) is 2.14. The highest BCUT2D eigenvalue weighted by Gasteiger charge is 2.32. The maximum Gasteiger partial charge on any atom is 0.391 e. The summed E-state index contributed by atoms with van der Waals surface area (Å²) in [5.74, 6) is 0.632. The van der Waals surface area contributed by atoms with E-state index in [0.717, 1.165) is 0 Å². The fourth-order valence-electron chi connectivity index (χ4n) is 1.84. The van der Waals surface area contributed by atoms with E-state index in [9.17, 15) is 18.3 Å². The summed E-state index contributed by atoms with van der Waals surface area (Å²) in [7, 11) is 1.50. The Bertz CT molecular complexity index is 376. The van der Waals surface area contributed by atoms with E-state index in [1.54, 1.807) is 13.8 Å². The Kier molecular flexibility index (Phi) is 4.03. The molecule has 1 rings (SSSR count). The largest absolute Gasteiger partial charge is 0.496 e. The molecule has 0 aliphatic carbocycles. The summed E-state index contributed by atoms with van der Waals surface area (Å²) in [6, 6.07) is 3.03. The van der Waals surface area contributed by atoms with E-state index >= 15 is 0 Å². The van der Waals surface area contributed by atoms with Gasteiger partial charge in [0.05, 0.1) is 19.6 Å². The normalized spacial score (nSPS) is 13.6. The Morgan fingerprint density at radius 3 is 2.06 bits per heavy atom. The summed E-state index contributed by atoms with van der Waals surface area (Å²) in [4.78, 5) is 0. The van der Waals surface area contributed by atoms with E-state index in [-0.39, 0.29) is 5.56 Å². The number of hydrogen-bond acceptors (Lipinski definition) is 2. The summed E-state index contributed by atoms with van der Waals surface area (Å²) < 4.78 is 41.6. The van der Waals surface area contributed by atoms with E-state index in [4.69, 9.17) is 4.74 Å². The third kappa shape index (κ3) is 3.63. The van der Waals surface area contributed by atoms with Crippen molar-refractivity contribution in [2.45, 2.75) is 32.5 Å². The van der Waals surface area contributed by atoms with E-state index in [0.29, 0.717) is 16.9 Å². The van der Waals surface area contributed by atoms with Crippen LogP contribution in [0.15, 0.2) is 12.1 Å². The number of aliphatic hydroxyl groups is 1. The van der Waals surface area contributed by atoms with Crippen LogP contribution >= 0.6 is 0 Å². The minimum Gasteiger partial charge on any atom is -0.496 e. The van der Waals surface area contributed by atoms with Gasteiger partial charge in [0.25, 0.3) is 0 Å². The fraction of sp³-hybridized carbons (Fsp3) is 0.500. The number of ether oxygens (including phenoxy) is 1. The van der Waals surface area contributed by atoms with Crippen LogP contribution in [0.3, 0.4) is 0 Å². The Balaban J connectivity index is 3.00. The molecule has 0 saturated heterocycles. The molecule has 1 aromatic carbocycles. The monoisotopic (exact) mass is 248 g/mol. The molecule has 2 nitrogen and oxygen atoms in total. The van der Waals surface area contributed by atoms with Crippen LogP contribution in [0.5, 0.6) is 5.75 Å². The molecule has 5 heteroatoms. The maximum absolute atomic E-state index is 12.2. The van der Waals surface area contributed by atoms with Crippen molar-refractivity contribution in [3.63, 3.8) is 0 Å². The average molecular weight is 248 g/mol. The molecule has 0 heterocycles. The first-order chi connectivity index (χ1) is 7.74. The molecule has 0 saturated carbocycles. The molecule has 1 atom stereocenters. The van der Waals surface area contributed by atoms with Gasteiger partial charge in [-0.05, 0) is 42.7 Å². The van der Waals surface area contributed by atoms with E-state index in [1.165, 1.54) is 19.2 Å². The molecular weight excluding hydrogens is 233 g/mol. The zero-order valence-corrected chi connectivity index (χ0v) is 9.93. The van der Waals surface area contributed by atoms with Crippen LogP contribution in [-0.2, 0) is 0 Å². The highest BCUT2D eigenvalue weighted by molar-refractivity contribution is 5.43. The van der Waals surface area contributed by atoms with Crippen LogP contribution in [0.2, 0.25) is 0 Å².